The zero-order chi connectivity index (χ0) is 31.6. The Morgan fingerprint density at radius 3 is 2.30 bits per heavy atom. The minimum atomic E-state index is -2.12. The Bertz CT molecular complexity index is 1420. The Balaban J connectivity index is 1.73. The van der Waals surface area contributed by atoms with Crippen LogP contribution in [0.3, 0.4) is 0 Å². The van der Waals surface area contributed by atoms with E-state index in [4.69, 9.17) is 9.47 Å². The Morgan fingerprint density at radius 2 is 1.67 bits per heavy atom. The van der Waals surface area contributed by atoms with E-state index in [1.165, 1.54) is 38.1 Å². The summed E-state index contributed by atoms with van der Waals surface area (Å²) in [7, 11) is 0. The molecule has 14 heteroatoms. The lowest BCUT2D eigenvalue weighted by Crippen LogP contribution is -2.59. The predicted molar refractivity (Wildman–Crippen MR) is 139 cm³/mol. The van der Waals surface area contributed by atoms with Crippen LogP contribution in [0, 0.1) is 35.1 Å². The van der Waals surface area contributed by atoms with Gasteiger partial charge in [0.2, 0.25) is 12.0 Å². The van der Waals surface area contributed by atoms with Gasteiger partial charge < -0.3 is 30.3 Å². The molecule has 0 bridgehead atoms. The molecule has 2 fully saturated rings. The first-order valence-corrected chi connectivity index (χ1v) is 13.6. The summed E-state index contributed by atoms with van der Waals surface area (Å²) in [4.78, 5) is 52.7. The number of carbonyl (C=O) groups excluding carboxylic acids is 4. The van der Waals surface area contributed by atoms with Gasteiger partial charge in [-0.25, -0.2) is 22.4 Å². The van der Waals surface area contributed by atoms with Crippen molar-refractivity contribution in [3.05, 3.63) is 64.7 Å². The molecule has 1 unspecified atom stereocenters. The van der Waals surface area contributed by atoms with Gasteiger partial charge in [-0.2, -0.15) is 0 Å². The third-order valence-corrected chi connectivity index (χ3v) is 7.78. The number of para-hydroxylation sites is 1. The number of aliphatic hydroxyl groups excluding tert-OH is 1. The van der Waals surface area contributed by atoms with Gasteiger partial charge in [-0.05, 0) is 56.9 Å². The first-order valence-electron chi connectivity index (χ1n) is 13.6. The fourth-order valence-corrected chi connectivity index (χ4v) is 4.94. The number of nitrogens with one attached hydrogen (secondary N) is 2. The van der Waals surface area contributed by atoms with Gasteiger partial charge in [-0.15, -0.1) is 0 Å². The van der Waals surface area contributed by atoms with Gasteiger partial charge in [0.05, 0.1) is 23.6 Å². The number of carbonyl (C=O) groups is 4. The Kier molecular flexibility index (Phi) is 9.58. The lowest BCUT2D eigenvalue weighted by atomic mass is 9.81. The van der Waals surface area contributed by atoms with Crippen LogP contribution in [-0.2, 0) is 30.3 Å². The highest BCUT2D eigenvalue weighted by Gasteiger charge is 2.43. The van der Waals surface area contributed by atoms with Crippen molar-refractivity contribution in [1.29, 1.82) is 0 Å². The van der Waals surface area contributed by atoms with Crippen molar-refractivity contribution in [3.63, 3.8) is 0 Å². The number of cyclic esters (lactones) is 2. The van der Waals surface area contributed by atoms with Crippen LogP contribution < -0.4 is 10.6 Å². The lowest BCUT2D eigenvalue weighted by Gasteiger charge is -2.36. The molecule has 0 radical (unpaired) electrons. The summed E-state index contributed by atoms with van der Waals surface area (Å²) in [5.74, 6) is -14.1. The molecule has 2 aliphatic rings. The Hall–Kier alpha value is -4.20. The summed E-state index contributed by atoms with van der Waals surface area (Å²) in [6.45, 7) is 2.46. The van der Waals surface area contributed by atoms with Gasteiger partial charge >= 0.3 is 11.9 Å². The second kappa shape index (κ2) is 13.0. The molecule has 6 atom stereocenters. The monoisotopic (exact) mass is 610 g/mol. The molecule has 1 heterocycles. The highest BCUT2D eigenvalue weighted by Crippen LogP contribution is 2.33. The quantitative estimate of drug-likeness (QED) is 0.175. The molecule has 1 aliphatic carbocycles. The number of hydrogen-bond acceptors (Lipinski definition) is 8. The number of benzene rings is 2. The predicted octanol–water partition coefficient (Wildman–Crippen LogP) is 2.43. The van der Waals surface area contributed by atoms with Crippen molar-refractivity contribution in [1.82, 2.24) is 10.6 Å². The highest BCUT2D eigenvalue weighted by atomic mass is 19.2. The Morgan fingerprint density at radius 1 is 1.00 bits per heavy atom. The number of amides is 2. The Labute approximate surface area is 243 Å². The average molecular weight is 611 g/mol. The number of phenolic OH excluding ortho intramolecular Hbond substituents is 1. The molecule has 232 valence electrons. The van der Waals surface area contributed by atoms with E-state index < -0.39 is 107 Å². The number of esters is 2. The zero-order valence-corrected chi connectivity index (χ0v) is 23.1. The van der Waals surface area contributed by atoms with E-state index in [2.05, 4.69) is 10.6 Å². The molecule has 4 N–H and O–H groups in total. The fraction of sp³-hybridized carbons (Fsp3) is 0.448. The van der Waals surface area contributed by atoms with Gasteiger partial charge in [-0.3, -0.25) is 14.4 Å². The minimum absolute atomic E-state index is 0.231. The van der Waals surface area contributed by atoms with Gasteiger partial charge in [-0.1, -0.05) is 18.6 Å². The third kappa shape index (κ3) is 6.74. The van der Waals surface area contributed by atoms with Crippen LogP contribution in [0.5, 0.6) is 5.75 Å². The van der Waals surface area contributed by atoms with Crippen molar-refractivity contribution in [2.24, 2.45) is 11.8 Å². The summed E-state index contributed by atoms with van der Waals surface area (Å²) in [5, 5.41) is 25.9. The smallest absolute Gasteiger partial charge is 0.348 e. The third-order valence-electron chi connectivity index (χ3n) is 7.78. The normalized spacial score (nSPS) is 27.1. The van der Waals surface area contributed by atoms with Crippen molar-refractivity contribution in [2.45, 2.75) is 69.9 Å². The van der Waals surface area contributed by atoms with E-state index >= 15 is 0 Å². The number of halogens is 4. The minimum Gasteiger partial charge on any atom is -0.507 e. The topological polar surface area (TPSA) is 151 Å². The first-order chi connectivity index (χ1) is 20.3. The molecule has 1 aliphatic heterocycles. The molecule has 43 heavy (non-hydrogen) atoms. The standard InChI is InChI=1S/C29H30F4N2O8/c1-12-24(37)18(11-15-10-17(30)21(32)22(33)20(15)31)34-27(39)23(35-26(38)16-8-3-4-9-19(16)36)13(2)42-29(41)25(43-28(12)40)14-6-5-7-14/h3-4,8-10,12-14,18,23-25,36-37H,5-7,11H2,1-2H3,(H,34,39)(H,35,38)/t12-,13-,18+,23+,24+,25?/m1/s1. The lowest BCUT2D eigenvalue weighted by molar-refractivity contribution is -0.183. The van der Waals surface area contributed by atoms with Crippen molar-refractivity contribution < 1.29 is 56.4 Å². The number of hydrogen-bond donors (Lipinski definition) is 4. The highest BCUT2D eigenvalue weighted by molar-refractivity contribution is 6.00. The van der Waals surface area contributed by atoms with E-state index in [-0.39, 0.29) is 5.56 Å². The van der Waals surface area contributed by atoms with E-state index in [1.807, 2.05) is 0 Å². The van der Waals surface area contributed by atoms with Crippen LogP contribution in [0.1, 0.15) is 49.0 Å². The van der Waals surface area contributed by atoms with Crippen LogP contribution in [0.2, 0.25) is 0 Å². The second-order valence-corrected chi connectivity index (χ2v) is 10.7. The molecule has 4 rings (SSSR count). The summed E-state index contributed by atoms with van der Waals surface area (Å²) in [5.41, 5.74) is -0.999. The summed E-state index contributed by atoms with van der Waals surface area (Å²) in [6, 6.07) is 2.39. The second-order valence-electron chi connectivity index (χ2n) is 10.7. The van der Waals surface area contributed by atoms with Crippen LogP contribution in [0.25, 0.3) is 0 Å². The number of aromatic hydroxyl groups is 1. The maximum atomic E-state index is 14.6. The molecule has 2 aromatic carbocycles. The van der Waals surface area contributed by atoms with Crippen LogP contribution in [0.4, 0.5) is 17.6 Å². The summed E-state index contributed by atoms with van der Waals surface area (Å²) in [6.07, 6.45) is -3.73. The maximum Gasteiger partial charge on any atom is 0.348 e. The van der Waals surface area contributed by atoms with E-state index in [9.17, 15) is 47.0 Å². The molecule has 0 aromatic heterocycles. The fourth-order valence-electron chi connectivity index (χ4n) is 4.94. The molecule has 10 nitrogen and oxygen atoms in total. The van der Waals surface area contributed by atoms with E-state index in [0.29, 0.717) is 18.9 Å². The van der Waals surface area contributed by atoms with Crippen molar-refractivity contribution in [2.75, 3.05) is 0 Å². The summed E-state index contributed by atoms with van der Waals surface area (Å²) >= 11 is 0. The molecular formula is C29H30F4N2O8. The molecule has 2 aromatic rings. The van der Waals surface area contributed by atoms with Crippen LogP contribution >= 0.6 is 0 Å². The van der Waals surface area contributed by atoms with Crippen LogP contribution in [-0.4, -0.2) is 64.4 Å². The average Bonchev–Trinajstić information content (AvgIpc) is 2.94. The molecule has 1 saturated heterocycles. The number of rotatable bonds is 5. The SMILES string of the molecule is C[C@H]1OC(=O)C(C2CCC2)OC(=O)[C@H](C)[C@H](O)[C@H](Cc2cc(F)c(F)c(F)c2F)NC(=O)[C@H]1NC(=O)c1ccccc1O. The largest absolute Gasteiger partial charge is 0.507 e. The molecule has 0 spiro atoms. The number of ether oxygens (including phenoxy) is 2. The van der Waals surface area contributed by atoms with Crippen molar-refractivity contribution in [3.8, 4) is 5.75 Å². The van der Waals surface area contributed by atoms with Gasteiger partial charge in [0, 0.05) is 5.92 Å². The van der Waals surface area contributed by atoms with E-state index in [1.54, 1.807) is 0 Å². The molecule has 2 amide bonds. The number of phenols is 1. The van der Waals surface area contributed by atoms with Crippen LogP contribution in [0.15, 0.2) is 30.3 Å². The van der Waals surface area contributed by atoms with E-state index in [0.717, 1.165) is 6.42 Å². The molecular weight excluding hydrogens is 580 g/mol. The first kappa shape index (κ1) is 31.7. The van der Waals surface area contributed by atoms with Gasteiger partial charge in [0.25, 0.3) is 5.91 Å². The maximum absolute atomic E-state index is 14.6. The van der Waals surface area contributed by atoms with Gasteiger partial charge in [0.1, 0.15) is 17.9 Å². The van der Waals surface area contributed by atoms with Gasteiger partial charge in [0.15, 0.2) is 23.3 Å². The zero-order valence-electron chi connectivity index (χ0n) is 23.1. The number of aliphatic hydroxyl groups is 1. The van der Waals surface area contributed by atoms with Crippen molar-refractivity contribution >= 4 is 23.8 Å². The summed E-state index contributed by atoms with van der Waals surface area (Å²) < 4.78 is 67.0. The molecule has 1 saturated carbocycles.